The Morgan fingerprint density at radius 2 is 1.57 bits per heavy atom. The van der Waals surface area contributed by atoms with Crippen LogP contribution in [0, 0.1) is 5.41 Å². The van der Waals surface area contributed by atoms with Crippen LogP contribution in [0.25, 0.3) is 0 Å². The van der Waals surface area contributed by atoms with Gasteiger partial charge in [0.05, 0.1) is 18.1 Å². The van der Waals surface area contributed by atoms with E-state index in [9.17, 15) is 31.1 Å². The average Bonchev–Trinajstić information content (AvgIpc) is 3.49. The molecule has 3 N–H and O–H groups in total. The number of piperidine rings is 1. The minimum Gasteiger partial charge on any atom is -0.475 e. The normalized spacial score (nSPS) is 18.4. The van der Waals surface area contributed by atoms with Crippen molar-refractivity contribution < 1.29 is 55.7 Å². The van der Waals surface area contributed by atoms with Crippen molar-refractivity contribution in [2.24, 2.45) is 5.41 Å². The summed E-state index contributed by atoms with van der Waals surface area (Å²) in [7, 11) is 0. The molecule has 0 radical (unpaired) electrons. The number of likely N-dealkylation sites (tertiary alicyclic amines) is 1. The summed E-state index contributed by atoms with van der Waals surface area (Å²) in [5.41, 5.74) is 2.24. The molecule has 4 heterocycles. The molecule has 0 unspecified atom stereocenters. The molecule has 2 aromatic rings. The molecule has 1 saturated carbocycles. The molecule has 12 nitrogen and oxygen atoms in total. The van der Waals surface area contributed by atoms with E-state index in [2.05, 4.69) is 55.7 Å². The van der Waals surface area contributed by atoms with Crippen LogP contribution in [0.1, 0.15) is 66.4 Å². The fourth-order valence-electron chi connectivity index (χ4n) is 5.45. The lowest BCUT2D eigenvalue weighted by Gasteiger charge is -2.52. The van der Waals surface area contributed by atoms with Gasteiger partial charge in [-0.3, -0.25) is 9.69 Å². The Morgan fingerprint density at radius 1 is 1.02 bits per heavy atom. The number of carboxylic acids is 2. The van der Waals surface area contributed by atoms with E-state index in [0.29, 0.717) is 11.1 Å². The fourth-order valence-corrected chi connectivity index (χ4v) is 6.09. The number of nitrogens with zero attached hydrogens (tertiary/aromatic N) is 5. The van der Waals surface area contributed by atoms with Crippen molar-refractivity contribution in [1.82, 2.24) is 24.8 Å². The first-order chi connectivity index (χ1) is 21.9. The zero-order chi connectivity index (χ0) is 35.0. The number of hydrogen-bond donors (Lipinski definition) is 3. The maximum absolute atomic E-state index is 12.7. The molecule has 0 bridgehead atoms. The zero-order valence-corrected chi connectivity index (χ0v) is 26.4. The third kappa shape index (κ3) is 11.3. The molecule has 5 rings (SSSR count). The first-order valence-corrected chi connectivity index (χ1v) is 15.4. The molecule has 1 aliphatic carbocycles. The van der Waals surface area contributed by atoms with E-state index in [4.69, 9.17) is 24.5 Å². The summed E-state index contributed by atoms with van der Waals surface area (Å²) in [6.45, 7) is 10.7. The highest BCUT2D eigenvalue weighted by molar-refractivity contribution is 7.05. The second-order valence-corrected chi connectivity index (χ2v) is 12.5. The summed E-state index contributed by atoms with van der Waals surface area (Å²) in [4.78, 5) is 40.9. The van der Waals surface area contributed by atoms with E-state index in [1.54, 1.807) is 0 Å². The maximum Gasteiger partial charge on any atom is 0.490 e. The number of amides is 1. The van der Waals surface area contributed by atoms with Crippen molar-refractivity contribution in [2.75, 3.05) is 44.3 Å². The van der Waals surface area contributed by atoms with Gasteiger partial charge in [0.25, 0.3) is 5.91 Å². The number of halogens is 6. The van der Waals surface area contributed by atoms with Gasteiger partial charge in [-0.2, -0.15) is 26.3 Å². The van der Waals surface area contributed by atoms with Gasteiger partial charge in [-0.15, -0.1) is 5.10 Å². The Kier molecular flexibility index (Phi) is 12.9. The number of morpholine rings is 1. The summed E-state index contributed by atoms with van der Waals surface area (Å²) in [6, 6.07) is 4.65. The van der Waals surface area contributed by atoms with E-state index >= 15 is 0 Å². The van der Waals surface area contributed by atoms with Crippen molar-refractivity contribution in [2.45, 2.75) is 70.4 Å². The lowest BCUT2D eigenvalue weighted by molar-refractivity contribution is -0.193. The number of rotatable bonds is 6. The summed E-state index contributed by atoms with van der Waals surface area (Å²) in [6.07, 6.45) is -3.66. The third-order valence-electron chi connectivity index (χ3n) is 7.90. The van der Waals surface area contributed by atoms with E-state index in [0.717, 1.165) is 69.5 Å². The van der Waals surface area contributed by atoms with Crippen LogP contribution in [0.2, 0.25) is 0 Å². The number of anilines is 1. The number of carbonyl (C=O) groups excluding carboxylic acids is 1. The van der Waals surface area contributed by atoms with E-state index < -0.39 is 24.3 Å². The Morgan fingerprint density at radius 3 is 2.09 bits per heavy atom. The van der Waals surface area contributed by atoms with Crippen molar-refractivity contribution >= 4 is 35.2 Å². The van der Waals surface area contributed by atoms with Crippen LogP contribution in [-0.4, -0.2) is 105 Å². The molecule has 3 fully saturated rings. The molecule has 0 atom stereocenters. The zero-order valence-electron chi connectivity index (χ0n) is 25.6. The number of hydrogen-bond acceptors (Lipinski definition) is 10. The predicted molar refractivity (Wildman–Crippen MR) is 156 cm³/mol. The van der Waals surface area contributed by atoms with Crippen molar-refractivity contribution in [1.29, 1.82) is 0 Å². The van der Waals surface area contributed by atoms with Crippen LogP contribution >= 0.6 is 11.5 Å². The molecular weight excluding hydrogens is 662 g/mol. The van der Waals surface area contributed by atoms with Gasteiger partial charge in [0, 0.05) is 31.9 Å². The monoisotopic (exact) mass is 698 g/mol. The van der Waals surface area contributed by atoms with Gasteiger partial charge in [-0.05, 0) is 79.3 Å². The maximum atomic E-state index is 12.7. The molecule has 3 aliphatic rings. The Bertz CT molecular complexity index is 1330. The second kappa shape index (κ2) is 16.0. The lowest BCUT2D eigenvalue weighted by atomic mass is 9.60. The lowest BCUT2D eigenvalue weighted by Crippen LogP contribution is -2.54. The van der Waals surface area contributed by atoms with E-state index in [-0.39, 0.29) is 17.9 Å². The van der Waals surface area contributed by atoms with Crippen LogP contribution in [-0.2, 0) is 20.9 Å². The molecule has 0 aromatic carbocycles. The molecule has 1 spiro atoms. The topological polar surface area (TPSA) is 158 Å². The smallest absolute Gasteiger partial charge is 0.475 e. The highest BCUT2D eigenvalue weighted by Gasteiger charge is 2.46. The van der Waals surface area contributed by atoms with Gasteiger partial charge in [0.1, 0.15) is 5.82 Å². The Balaban J connectivity index is 0.000000360. The number of aromatic nitrogens is 3. The van der Waals surface area contributed by atoms with Crippen molar-refractivity contribution in [3.8, 4) is 0 Å². The first-order valence-electron chi connectivity index (χ1n) is 14.6. The van der Waals surface area contributed by atoms with Crippen LogP contribution in [0.15, 0.2) is 18.3 Å². The summed E-state index contributed by atoms with van der Waals surface area (Å²) in [5.74, 6) is -4.23. The first kappa shape index (κ1) is 37.9. The molecular formula is C28H36F6N6O6S. The van der Waals surface area contributed by atoms with Crippen molar-refractivity contribution in [3.63, 3.8) is 0 Å². The largest absolute Gasteiger partial charge is 0.490 e. The van der Waals surface area contributed by atoms with Gasteiger partial charge in [0.2, 0.25) is 0 Å². The third-order valence-corrected chi connectivity index (χ3v) is 8.92. The standard InChI is InChI=1S/C24H34N6O2S.2C2HF3O2/c1-17(2)22-21(27-28-33-22)23(31)26-19-14-24(15-19)4-7-29(8-5-24)16-18-3-6-25-20(13-18)30-9-11-32-12-10-30;2*3-2(4,5)1(6)7/h3,6,13,17,19H,4-5,7-12,14-16H2,1-2H3,(H,26,31);2*(H,6,7). The average molecular weight is 699 g/mol. The Hall–Kier alpha value is -3.58. The Labute approximate surface area is 270 Å². The highest BCUT2D eigenvalue weighted by Crippen LogP contribution is 2.49. The molecule has 47 heavy (non-hydrogen) atoms. The van der Waals surface area contributed by atoms with Gasteiger partial charge < -0.3 is 25.2 Å². The van der Waals surface area contributed by atoms with Gasteiger partial charge in [-0.1, -0.05) is 18.3 Å². The number of alkyl halides is 6. The summed E-state index contributed by atoms with van der Waals surface area (Å²) < 4.78 is 72.9. The summed E-state index contributed by atoms with van der Waals surface area (Å²) >= 11 is 1.33. The highest BCUT2D eigenvalue weighted by atomic mass is 32.1. The van der Waals surface area contributed by atoms with Crippen LogP contribution < -0.4 is 10.2 Å². The molecule has 2 saturated heterocycles. The molecule has 2 aromatic heterocycles. The number of aliphatic carboxylic acids is 2. The number of carbonyl (C=O) groups is 3. The minimum absolute atomic E-state index is 0.0569. The minimum atomic E-state index is -5.08. The molecule has 1 amide bonds. The van der Waals surface area contributed by atoms with Gasteiger partial charge in [0.15, 0.2) is 5.69 Å². The SMILES string of the molecule is CC(C)c1snnc1C(=O)NC1CC2(CCN(Cc3ccnc(N4CCOCC4)c3)CC2)C1.O=C(O)C(F)(F)F.O=C(O)C(F)(F)F. The van der Waals surface area contributed by atoms with Crippen LogP contribution in [0.3, 0.4) is 0 Å². The summed E-state index contributed by atoms with van der Waals surface area (Å²) in [5, 5.41) is 21.5. The fraction of sp³-hybridized carbons (Fsp3) is 0.643. The molecule has 2 aliphatic heterocycles. The predicted octanol–water partition coefficient (Wildman–Crippen LogP) is 4.33. The number of ether oxygens (including phenoxy) is 1. The number of carboxylic acid groups (broad SMARTS) is 2. The number of nitrogens with one attached hydrogen (secondary N) is 1. The van der Waals surface area contributed by atoms with E-state index in [1.807, 2.05) is 6.20 Å². The van der Waals surface area contributed by atoms with Crippen molar-refractivity contribution in [3.05, 3.63) is 34.5 Å². The quantitative estimate of drug-likeness (QED) is 0.369. The van der Waals surface area contributed by atoms with Gasteiger partial charge in [-0.25, -0.2) is 14.6 Å². The van der Waals surface area contributed by atoms with Crippen LogP contribution in [0.4, 0.5) is 32.2 Å². The molecule has 19 heteroatoms. The van der Waals surface area contributed by atoms with Crippen LogP contribution in [0.5, 0.6) is 0 Å². The van der Waals surface area contributed by atoms with Gasteiger partial charge >= 0.3 is 24.3 Å². The second-order valence-electron chi connectivity index (χ2n) is 11.7. The molecule has 262 valence electrons. The number of pyridine rings is 1. The van der Waals surface area contributed by atoms with E-state index in [1.165, 1.54) is 29.9 Å².